The van der Waals surface area contributed by atoms with Crippen LogP contribution < -0.4 is 0 Å². The van der Waals surface area contributed by atoms with E-state index in [0.29, 0.717) is 5.69 Å². The number of hydrogen-bond acceptors (Lipinski definition) is 3. The maximum absolute atomic E-state index is 13.3. The summed E-state index contributed by atoms with van der Waals surface area (Å²) in [6.07, 6.45) is 0.575. The fraction of sp³-hybridized carbons (Fsp3) is 0.267. The lowest BCUT2D eigenvalue weighted by Gasteiger charge is -2.09. The number of nitrogens with zero attached hydrogens (tertiary/aromatic N) is 1. The molecule has 1 aromatic carbocycles. The van der Waals surface area contributed by atoms with Crippen molar-refractivity contribution >= 4 is 11.8 Å². The lowest BCUT2D eigenvalue weighted by molar-refractivity contribution is 0.176. The minimum Gasteiger partial charge on any atom is -0.393 e. The molecule has 0 amide bonds. The van der Waals surface area contributed by atoms with Crippen molar-refractivity contribution in [3.05, 3.63) is 59.9 Å². The molecule has 0 saturated heterocycles. The van der Waals surface area contributed by atoms with Gasteiger partial charge in [-0.3, -0.25) is 4.98 Å². The summed E-state index contributed by atoms with van der Waals surface area (Å²) in [4.78, 5) is 5.18. The molecule has 19 heavy (non-hydrogen) atoms. The molecule has 1 heterocycles. The number of aliphatic hydroxyl groups excluding tert-OH is 1. The van der Waals surface area contributed by atoms with Crippen molar-refractivity contribution < 1.29 is 9.50 Å². The van der Waals surface area contributed by atoms with E-state index >= 15 is 0 Å². The fourth-order valence-corrected chi connectivity index (χ4v) is 2.71. The van der Waals surface area contributed by atoms with Crippen LogP contribution in [0.25, 0.3) is 0 Å². The van der Waals surface area contributed by atoms with Crippen LogP contribution in [-0.4, -0.2) is 22.9 Å². The van der Waals surface area contributed by atoms with E-state index < -0.39 is 12.8 Å². The molecule has 0 fully saturated rings. The minimum absolute atomic E-state index is 0.161. The number of aromatic nitrogens is 1. The number of aliphatic hydroxyl groups is 1. The summed E-state index contributed by atoms with van der Waals surface area (Å²) < 4.78 is 13.3. The number of thioether (sulfide) groups is 1. The average Bonchev–Trinajstić information content (AvgIpc) is 2.47. The molecule has 4 heteroatoms. The van der Waals surface area contributed by atoms with Gasteiger partial charge in [-0.15, -0.1) is 11.8 Å². The Kier molecular flexibility index (Phi) is 5.36. The third-order valence-electron chi connectivity index (χ3n) is 2.70. The molecule has 0 spiro atoms. The number of halogens is 1. The van der Waals surface area contributed by atoms with Crippen molar-refractivity contribution in [2.75, 3.05) is 6.61 Å². The Bertz CT molecular complexity index is 507. The molecule has 1 atom stereocenters. The van der Waals surface area contributed by atoms with E-state index in [9.17, 15) is 4.39 Å². The van der Waals surface area contributed by atoms with Crippen LogP contribution in [0.15, 0.2) is 53.6 Å². The molecule has 1 N–H and O–H groups in total. The summed E-state index contributed by atoms with van der Waals surface area (Å²) in [5.74, 6) is 0.829. The van der Waals surface area contributed by atoms with Gasteiger partial charge in [0, 0.05) is 23.3 Å². The number of hydrogen-bond donors (Lipinski definition) is 1. The molecule has 0 aliphatic rings. The second-order valence-electron chi connectivity index (χ2n) is 4.21. The molecular formula is C15H16FNOS. The maximum atomic E-state index is 13.3. The summed E-state index contributed by atoms with van der Waals surface area (Å²) in [6, 6.07) is 13.9. The van der Waals surface area contributed by atoms with Gasteiger partial charge in [0.05, 0.1) is 12.3 Å². The molecule has 2 nitrogen and oxygen atoms in total. The third kappa shape index (κ3) is 4.33. The normalized spacial score (nSPS) is 12.3. The molecular weight excluding hydrogens is 261 g/mol. The first-order valence-corrected chi connectivity index (χ1v) is 7.13. The van der Waals surface area contributed by atoms with Crippen LogP contribution in [0.4, 0.5) is 4.39 Å². The van der Waals surface area contributed by atoms with Crippen LogP contribution in [0.3, 0.4) is 0 Å². The predicted octanol–water partition coefficient (Wildman–Crippen LogP) is 3.25. The molecule has 0 aliphatic carbocycles. The minimum atomic E-state index is -1.24. The molecule has 0 bridgehead atoms. The summed E-state index contributed by atoms with van der Waals surface area (Å²) in [5.41, 5.74) is 1.94. The largest absolute Gasteiger partial charge is 0.393 e. The molecule has 0 saturated carbocycles. The first kappa shape index (κ1) is 14.0. The first-order valence-electron chi connectivity index (χ1n) is 6.15. The van der Waals surface area contributed by atoms with Gasteiger partial charge in [-0.25, -0.2) is 4.39 Å². The van der Waals surface area contributed by atoms with Gasteiger partial charge in [-0.05, 0) is 17.7 Å². The molecule has 1 unspecified atom stereocenters. The molecule has 0 aliphatic heterocycles. The Morgan fingerprint density at radius 2 is 1.95 bits per heavy atom. The highest BCUT2D eigenvalue weighted by Gasteiger charge is 2.11. The predicted molar refractivity (Wildman–Crippen MR) is 75.9 cm³/mol. The lowest BCUT2D eigenvalue weighted by atomic mass is 10.2. The fourth-order valence-electron chi connectivity index (χ4n) is 1.72. The van der Waals surface area contributed by atoms with Gasteiger partial charge in [0.25, 0.3) is 0 Å². The van der Waals surface area contributed by atoms with Gasteiger partial charge in [-0.2, -0.15) is 0 Å². The zero-order valence-corrected chi connectivity index (χ0v) is 11.3. The van der Waals surface area contributed by atoms with Crippen LogP contribution in [0.1, 0.15) is 11.3 Å². The van der Waals surface area contributed by atoms with E-state index in [0.717, 1.165) is 10.6 Å². The van der Waals surface area contributed by atoms with Crippen molar-refractivity contribution in [3.63, 3.8) is 0 Å². The van der Waals surface area contributed by atoms with E-state index in [4.69, 9.17) is 5.11 Å². The lowest BCUT2D eigenvalue weighted by Crippen LogP contribution is -2.11. The topological polar surface area (TPSA) is 33.1 Å². The molecule has 1 aromatic heterocycles. The Morgan fingerprint density at radius 1 is 1.16 bits per heavy atom. The number of alkyl halides is 1. The quantitative estimate of drug-likeness (QED) is 0.823. The highest BCUT2D eigenvalue weighted by atomic mass is 32.2. The Balaban J connectivity index is 2.03. The van der Waals surface area contributed by atoms with Crippen molar-refractivity contribution in [2.24, 2.45) is 0 Å². The van der Waals surface area contributed by atoms with Gasteiger partial charge in [0.15, 0.2) is 0 Å². The van der Waals surface area contributed by atoms with Crippen LogP contribution in [0.5, 0.6) is 0 Å². The van der Waals surface area contributed by atoms with E-state index in [-0.39, 0.29) is 6.42 Å². The number of rotatable bonds is 6. The Hall–Kier alpha value is -1.39. The van der Waals surface area contributed by atoms with E-state index in [2.05, 4.69) is 17.1 Å². The van der Waals surface area contributed by atoms with Crippen molar-refractivity contribution in [2.45, 2.75) is 23.2 Å². The van der Waals surface area contributed by atoms with E-state index in [1.165, 1.54) is 5.56 Å². The summed E-state index contributed by atoms with van der Waals surface area (Å²) in [7, 11) is 0. The van der Waals surface area contributed by atoms with Crippen LogP contribution in [0.2, 0.25) is 0 Å². The smallest absolute Gasteiger partial charge is 0.129 e. The van der Waals surface area contributed by atoms with Crippen molar-refractivity contribution in [3.8, 4) is 0 Å². The zero-order chi connectivity index (χ0) is 13.5. The zero-order valence-electron chi connectivity index (χ0n) is 10.5. The van der Waals surface area contributed by atoms with Crippen LogP contribution >= 0.6 is 11.8 Å². The first-order chi connectivity index (χ1) is 9.29. The SMILES string of the molecule is OCC(F)Cc1ncccc1SCc1ccccc1. The summed E-state index contributed by atoms with van der Waals surface area (Å²) in [6.45, 7) is -0.459. The second-order valence-corrected chi connectivity index (χ2v) is 5.22. The summed E-state index contributed by atoms with van der Waals surface area (Å²) >= 11 is 1.64. The maximum Gasteiger partial charge on any atom is 0.129 e. The highest BCUT2D eigenvalue weighted by molar-refractivity contribution is 7.98. The third-order valence-corrected chi connectivity index (χ3v) is 3.86. The van der Waals surface area contributed by atoms with Crippen LogP contribution in [0, 0.1) is 0 Å². The standard InChI is InChI=1S/C15H16FNOS/c16-13(10-18)9-14-15(7-4-8-17-14)19-11-12-5-2-1-3-6-12/h1-8,13,18H,9-11H2. The van der Waals surface area contributed by atoms with E-state index in [1.807, 2.05) is 30.3 Å². The summed E-state index contributed by atoms with van der Waals surface area (Å²) in [5, 5.41) is 8.79. The molecule has 100 valence electrons. The second kappa shape index (κ2) is 7.26. The molecule has 2 rings (SSSR count). The van der Waals surface area contributed by atoms with Crippen molar-refractivity contribution in [1.82, 2.24) is 4.98 Å². The molecule has 2 aromatic rings. The van der Waals surface area contributed by atoms with Gasteiger partial charge in [0.1, 0.15) is 6.17 Å². The van der Waals surface area contributed by atoms with Crippen LogP contribution in [-0.2, 0) is 12.2 Å². The van der Waals surface area contributed by atoms with Crippen molar-refractivity contribution in [1.29, 1.82) is 0 Å². The number of pyridine rings is 1. The van der Waals surface area contributed by atoms with Gasteiger partial charge in [-0.1, -0.05) is 30.3 Å². The number of benzene rings is 1. The molecule has 0 radical (unpaired) electrons. The Labute approximate surface area is 116 Å². The van der Waals surface area contributed by atoms with Gasteiger partial charge >= 0.3 is 0 Å². The monoisotopic (exact) mass is 277 g/mol. The van der Waals surface area contributed by atoms with E-state index in [1.54, 1.807) is 18.0 Å². The average molecular weight is 277 g/mol. The highest BCUT2D eigenvalue weighted by Crippen LogP contribution is 2.26. The Morgan fingerprint density at radius 3 is 2.68 bits per heavy atom. The van der Waals surface area contributed by atoms with Gasteiger partial charge < -0.3 is 5.11 Å². The van der Waals surface area contributed by atoms with Gasteiger partial charge in [0.2, 0.25) is 0 Å².